The van der Waals surface area contributed by atoms with Crippen LogP contribution in [-0.4, -0.2) is 11.9 Å². The van der Waals surface area contributed by atoms with E-state index in [4.69, 9.17) is 0 Å². The minimum absolute atomic E-state index is 0.0546. The molecule has 23 heavy (non-hydrogen) atoms. The molecule has 0 radical (unpaired) electrons. The number of benzene rings is 2. The molecule has 0 saturated heterocycles. The highest BCUT2D eigenvalue weighted by Gasteiger charge is 2.29. The molecule has 1 fully saturated rings. The van der Waals surface area contributed by atoms with Crippen LogP contribution in [0.15, 0.2) is 48.5 Å². The second-order valence-corrected chi connectivity index (χ2v) is 5.74. The summed E-state index contributed by atoms with van der Waals surface area (Å²) in [5, 5.41) is 8.46. The minimum atomic E-state index is -0.320. The Morgan fingerprint density at radius 2 is 1.61 bits per heavy atom. The third-order valence-electron chi connectivity index (χ3n) is 3.73. The van der Waals surface area contributed by atoms with Gasteiger partial charge in [0, 0.05) is 23.0 Å². The maximum atomic E-state index is 12.0. The largest absolute Gasteiger partial charge is 0.326 e. The van der Waals surface area contributed by atoms with Crippen molar-refractivity contribution in [2.45, 2.75) is 19.8 Å². The van der Waals surface area contributed by atoms with Gasteiger partial charge in [-0.15, -0.1) is 0 Å². The number of carbonyl (C=O) groups excluding carboxylic acids is 2. The van der Waals surface area contributed by atoms with Crippen molar-refractivity contribution in [3.8, 4) is 0 Å². The lowest BCUT2D eigenvalue weighted by Gasteiger charge is -2.12. The molecule has 0 bridgehead atoms. The molecule has 0 aliphatic heterocycles. The van der Waals surface area contributed by atoms with Crippen LogP contribution in [0.3, 0.4) is 0 Å². The van der Waals surface area contributed by atoms with Gasteiger partial charge in [-0.2, -0.15) is 0 Å². The highest BCUT2D eigenvalue weighted by atomic mass is 16.2. The summed E-state index contributed by atoms with van der Waals surface area (Å²) in [5.74, 6) is 0.200. The van der Waals surface area contributed by atoms with Gasteiger partial charge in [0.1, 0.15) is 0 Å². The van der Waals surface area contributed by atoms with Gasteiger partial charge in [0.05, 0.1) is 0 Å². The maximum absolute atomic E-state index is 12.0. The zero-order valence-electron chi connectivity index (χ0n) is 12.9. The van der Waals surface area contributed by atoms with Crippen LogP contribution in [0.1, 0.15) is 18.4 Å². The summed E-state index contributed by atoms with van der Waals surface area (Å²) in [5.41, 5.74) is 3.06. The third kappa shape index (κ3) is 4.10. The quantitative estimate of drug-likeness (QED) is 0.799. The first-order valence-electron chi connectivity index (χ1n) is 7.66. The van der Waals surface area contributed by atoms with Gasteiger partial charge in [0.2, 0.25) is 5.91 Å². The number of hydrogen-bond donors (Lipinski definition) is 3. The van der Waals surface area contributed by atoms with E-state index in [0.717, 1.165) is 29.8 Å². The number of anilines is 3. The minimum Gasteiger partial charge on any atom is -0.326 e. The lowest BCUT2D eigenvalue weighted by molar-refractivity contribution is -0.117. The Labute approximate surface area is 135 Å². The van der Waals surface area contributed by atoms with Crippen molar-refractivity contribution < 1.29 is 9.59 Å². The molecule has 1 aliphatic rings. The summed E-state index contributed by atoms with van der Waals surface area (Å²) in [6.07, 6.45) is 1.92. The Morgan fingerprint density at radius 1 is 0.913 bits per heavy atom. The number of aryl methyl sites for hydroxylation is 1. The summed E-state index contributed by atoms with van der Waals surface area (Å²) in [6.45, 7) is 1.93. The SMILES string of the molecule is Cc1ccc(NC(=O)Nc2ccccc2)cc1NC(=O)C1CC1. The highest BCUT2D eigenvalue weighted by Crippen LogP contribution is 2.31. The molecule has 0 unspecified atom stereocenters. The number of nitrogens with one attached hydrogen (secondary N) is 3. The number of para-hydroxylation sites is 1. The van der Waals surface area contributed by atoms with Crippen LogP contribution in [0.2, 0.25) is 0 Å². The summed E-state index contributed by atoms with van der Waals surface area (Å²) in [6, 6.07) is 14.4. The lowest BCUT2D eigenvalue weighted by atomic mass is 10.1. The Bertz CT molecular complexity index is 724. The van der Waals surface area contributed by atoms with Crippen molar-refractivity contribution >= 4 is 29.0 Å². The van der Waals surface area contributed by atoms with Gasteiger partial charge in [-0.25, -0.2) is 4.79 Å². The Morgan fingerprint density at radius 3 is 2.30 bits per heavy atom. The van der Waals surface area contributed by atoms with Crippen LogP contribution in [0.5, 0.6) is 0 Å². The van der Waals surface area contributed by atoms with E-state index < -0.39 is 0 Å². The molecule has 0 atom stereocenters. The molecule has 1 aliphatic carbocycles. The third-order valence-corrected chi connectivity index (χ3v) is 3.73. The molecule has 1 saturated carbocycles. The van der Waals surface area contributed by atoms with Gasteiger partial charge >= 0.3 is 6.03 Å². The van der Waals surface area contributed by atoms with Crippen molar-refractivity contribution in [2.75, 3.05) is 16.0 Å². The second-order valence-electron chi connectivity index (χ2n) is 5.74. The molecule has 3 amide bonds. The Kier molecular flexibility index (Phi) is 4.28. The van der Waals surface area contributed by atoms with Crippen molar-refractivity contribution in [3.63, 3.8) is 0 Å². The first kappa shape index (κ1) is 15.1. The van der Waals surface area contributed by atoms with Gasteiger partial charge in [0.15, 0.2) is 0 Å². The molecule has 0 spiro atoms. The van der Waals surface area contributed by atoms with Crippen LogP contribution in [0.25, 0.3) is 0 Å². The Hall–Kier alpha value is -2.82. The fourth-order valence-corrected chi connectivity index (χ4v) is 2.23. The molecule has 5 heteroatoms. The number of amides is 3. The first-order valence-corrected chi connectivity index (χ1v) is 7.66. The van der Waals surface area contributed by atoms with E-state index in [1.54, 1.807) is 6.07 Å². The summed E-state index contributed by atoms with van der Waals surface area (Å²) < 4.78 is 0. The molecule has 0 aromatic heterocycles. The van der Waals surface area contributed by atoms with Crippen molar-refractivity contribution in [1.82, 2.24) is 0 Å². The van der Waals surface area contributed by atoms with E-state index in [1.807, 2.05) is 49.4 Å². The molecule has 2 aromatic rings. The van der Waals surface area contributed by atoms with Crippen LogP contribution < -0.4 is 16.0 Å². The van der Waals surface area contributed by atoms with Crippen LogP contribution in [0, 0.1) is 12.8 Å². The molecule has 2 aromatic carbocycles. The highest BCUT2D eigenvalue weighted by molar-refractivity contribution is 6.01. The summed E-state index contributed by atoms with van der Waals surface area (Å²) in [7, 11) is 0. The van der Waals surface area contributed by atoms with Gasteiger partial charge in [-0.05, 0) is 49.6 Å². The number of hydrogen-bond acceptors (Lipinski definition) is 2. The average Bonchev–Trinajstić information content (AvgIpc) is 3.36. The van der Waals surface area contributed by atoms with E-state index in [0.29, 0.717) is 5.69 Å². The number of carbonyl (C=O) groups is 2. The predicted octanol–water partition coefficient (Wildman–Crippen LogP) is 3.99. The molecule has 5 nitrogen and oxygen atoms in total. The van der Waals surface area contributed by atoms with Crippen LogP contribution >= 0.6 is 0 Å². The topological polar surface area (TPSA) is 70.2 Å². The zero-order valence-corrected chi connectivity index (χ0v) is 12.9. The summed E-state index contributed by atoms with van der Waals surface area (Å²) in [4.78, 5) is 23.9. The van der Waals surface area contributed by atoms with E-state index in [-0.39, 0.29) is 17.9 Å². The molecule has 0 heterocycles. The summed E-state index contributed by atoms with van der Waals surface area (Å²) >= 11 is 0. The smallest absolute Gasteiger partial charge is 0.323 e. The van der Waals surface area contributed by atoms with Crippen LogP contribution in [-0.2, 0) is 4.79 Å². The molecule has 118 valence electrons. The van der Waals surface area contributed by atoms with Gasteiger partial charge in [-0.1, -0.05) is 24.3 Å². The van der Waals surface area contributed by atoms with E-state index in [1.165, 1.54) is 0 Å². The fourth-order valence-electron chi connectivity index (χ4n) is 2.23. The van der Waals surface area contributed by atoms with Gasteiger partial charge in [0.25, 0.3) is 0 Å². The number of urea groups is 1. The standard InChI is InChI=1S/C18H19N3O2/c1-12-7-10-15(11-16(12)21-17(22)13-8-9-13)20-18(23)19-14-5-3-2-4-6-14/h2-7,10-11,13H,8-9H2,1H3,(H,21,22)(H2,19,20,23). The molecular weight excluding hydrogens is 290 g/mol. The lowest BCUT2D eigenvalue weighted by Crippen LogP contribution is -2.20. The number of rotatable bonds is 4. The molecule has 3 N–H and O–H groups in total. The Balaban J connectivity index is 1.65. The monoisotopic (exact) mass is 309 g/mol. The van der Waals surface area contributed by atoms with E-state index >= 15 is 0 Å². The first-order chi connectivity index (χ1) is 11.1. The van der Waals surface area contributed by atoms with Crippen molar-refractivity contribution in [3.05, 3.63) is 54.1 Å². The van der Waals surface area contributed by atoms with E-state index in [9.17, 15) is 9.59 Å². The maximum Gasteiger partial charge on any atom is 0.323 e. The molecule has 3 rings (SSSR count). The second kappa shape index (κ2) is 6.52. The van der Waals surface area contributed by atoms with Crippen LogP contribution in [0.4, 0.5) is 21.9 Å². The molecular formula is C18H19N3O2. The van der Waals surface area contributed by atoms with Crippen molar-refractivity contribution in [2.24, 2.45) is 5.92 Å². The predicted molar refractivity (Wildman–Crippen MR) is 91.6 cm³/mol. The van der Waals surface area contributed by atoms with Gasteiger partial charge < -0.3 is 16.0 Å². The van der Waals surface area contributed by atoms with Crippen molar-refractivity contribution in [1.29, 1.82) is 0 Å². The fraction of sp³-hybridized carbons (Fsp3) is 0.222. The normalized spacial score (nSPS) is 13.3. The van der Waals surface area contributed by atoms with Gasteiger partial charge in [-0.3, -0.25) is 4.79 Å². The zero-order chi connectivity index (χ0) is 16.2. The van der Waals surface area contributed by atoms with E-state index in [2.05, 4.69) is 16.0 Å². The average molecular weight is 309 g/mol.